The molecule has 0 aliphatic carbocycles. The first kappa shape index (κ1) is 9.36. The Balaban J connectivity index is 2.25. The van der Waals surface area contributed by atoms with Gasteiger partial charge in [-0.2, -0.15) is 0 Å². The maximum Gasteiger partial charge on any atom is 0.165 e. The predicted octanol–water partition coefficient (Wildman–Crippen LogP) is -2.13. The van der Waals surface area contributed by atoms with Crippen LogP contribution in [0.1, 0.15) is 12.8 Å². The standard InChI is InChI=1S/C8H15NO4/c1-9-4-2-8(12,13)3-5(9)7(11)6(4)10/h4-7,10-13H,2-3H2,1H3. The van der Waals surface area contributed by atoms with Gasteiger partial charge < -0.3 is 20.4 Å². The van der Waals surface area contributed by atoms with Gasteiger partial charge in [-0.1, -0.05) is 0 Å². The summed E-state index contributed by atoms with van der Waals surface area (Å²) in [5, 5.41) is 37.9. The van der Waals surface area contributed by atoms with Gasteiger partial charge in [-0.05, 0) is 7.05 Å². The predicted molar refractivity (Wildman–Crippen MR) is 43.8 cm³/mol. The second-order valence-corrected chi connectivity index (χ2v) is 4.17. The van der Waals surface area contributed by atoms with Crippen LogP contribution in [0.3, 0.4) is 0 Å². The highest BCUT2D eigenvalue weighted by molar-refractivity contribution is 5.06. The molecule has 0 aromatic carbocycles. The molecular weight excluding hydrogens is 174 g/mol. The Bertz CT molecular complexity index is 192. The highest BCUT2D eigenvalue weighted by Crippen LogP contribution is 2.38. The molecule has 0 saturated carbocycles. The summed E-state index contributed by atoms with van der Waals surface area (Å²) in [6, 6.07) is -0.688. The number of rotatable bonds is 0. The minimum Gasteiger partial charge on any atom is -0.389 e. The van der Waals surface area contributed by atoms with E-state index >= 15 is 0 Å². The van der Waals surface area contributed by atoms with Gasteiger partial charge in [-0.15, -0.1) is 0 Å². The molecule has 5 nitrogen and oxygen atoms in total. The molecule has 2 aliphatic rings. The topological polar surface area (TPSA) is 84.2 Å². The van der Waals surface area contributed by atoms with E-state index in [0.717, 1.165) is 0 Å². The Morgan fingerprint density at radius 3 is 1.85 bits per heavy atom. The van der Waals surface area contributed by atoms with E-state index in [4.69, 9.17) is 0 Å². The molecule has 5 heteroatoms. The Morgan fingerprint density at radius 1 is 1.08 bits per heavy atom. The second-order valence-electron chi connectivity index (χ2n) is 4.17. The molecule has 2 aliphatic heterocycles. The first-order valence-corrected chi connectivity index (χ1v) is 4.45. The lowest BCUT2D eigenvalue weighted by Gasteiger charge is -2.38. The third-order valence-corrected chi connectivity index (χ3v) is 3.26. The Hall–Kier alpha value is -0.200. The van der Waals surface area contributed by atoms with Crippen molar-refractivity contribution in [3.8, 4) is 0 Å². The lowest BCUT2D eigenvalue weighted by Crippen LogP contribution is -2.51. The van der Waals surface area contributed by atoms with Crippen LogP contribution in [-0.4, -0.2) is 62.5 Å². The first-order chi connectivity index (χ1) is 5.92. The molecule has 0 spiro atoms. The first-order valence-electron chi connectivity index (χ1n) is 4.45. The number of likely N-dealkylation sites (N-methyl/N-ethyl adjacent to an activating group) is 1. The van der Waals surface area contributed by atoms with Crippen molar-refractivity contribution >= 4 is 0 Å². The molecule has 2 rings (SSSR count). The zero-order valence-corrected chi connectivity index (χ0v) is 7.46. The quantitative estimate of drug-likeness (QED) is 0.327. The highest BCUT2D eigenvalue weighted by Gasteiger charge is 2.54. The molecule has 2 saturated heterocycles. The summed E-state index contributed by atoms with van der Waals surface area (Å²) in [4.78, 5) is 1.82. The summed E-state index contributed by atoms with van der Waals surface area (Å²) in [5.74, 6) is -1.74. The van der Waals surface area contributed by atoms with Gasteiger partial charge in [0.15, 0.2) is 5.79 Å². The van der Waals surface area contributed by atoms with Gasteiger partial charge in [0.1, 0.15) is 0 Å². The van der Waals surface area contributed by atoms with E-state index in [1.165, 1.54) is 0 Å². The van der Waals surface area contributed by atoms with Crippen LogP contribution in [0.2, 0.25) is 0 Å². The van der Waals surface area contributed by atoms with Gasteiger partial charge in [-0.3, -0.25) is 4.90 Å². The van der Waals surface area contributed by atoms with Gasteiger partial charge in [0.2, 0.25) is 0 Å². The summed E-state index contributed by atoms with van der Waals surface area (Å²) < 4.78 is 0. The number of aliphatic hydroxyl groups excluding tert-OH is 2. The number of fused-ring (bicyclic) bond motifs is 2. The fraction of sp³-hybridized carbons (Fsp3) is 1.00. The molecule has 2 fully saturated rings. The van der Waals surface area contributed by atoms with Crippen LogP contribution in [-0.2, 0) is 0 Å². The van der Waals surface area contributed by atoms with Crippen molar-refractivity contribution < 1.29 is 20.4 Å². The van der Waals surface area contributed by atoms with Gasteiger partial charge in [0.25, 0.3) is 0 Å². The number of nitrogens with zero attached hydrogens (tertiary/aromatic N) is 1. The molecule has 13 heavy (non-hydrogen) atoms. The van der Waals surface area contributed by atoms with E-state index < -0.39 is 18.0 Å². The van der Waals surface area contributed by atoms with Gasteiger partial charge in [0, 0.05) is 24.9 Å². The molecule has 4 N–H and O–H groups in total. The summed E-state index contributed by atoms with van der Waals surface area (Å²) in [7, 11) is 1.78. The lowest BCUT2D eigenvalue weighted by molar-refractivity contribution is -0.205. The molecule has 0 aromatic heterocycles. The molecule has 2 bridgehead atoms. The van der Waals surface area contributed by atoms with Crippen molar-refractivity contribution in [3.05, 3.63) is 0 Å². The van der Waals surface area contributed by atoms with Crippen LogP contribution in [0.5, 0.6) is 0 Å². The number of hydrogen-bond acceptors (Lipinski definition) is 5. The lowest BCUT2D eigenvalue weighted by atomic mass is 9.97. The van der Waals surface area contributed by atoms with Crippen molar-refractivity contribution in [1.29, 1.82) is 0 Å². The molecule has 4 unspecified atom stereocenters. The third kappa shape index (κ3) is 1.28. The monoisotopic (exact) mass is 189 g/mol. The summed E-state index contributed by atoms with van der Waals surface area (Å²) in [6.07, 6.45) is -1.54. The van der Waals surface area contributed by atoms with E-state index in [-0.39, 0.29) is 24.9 Å². The average molecular weight is 189 g/mol. The summed E-state index contributed by atoms with van der Waals surface area (Å²) >= 11 is 0. The molecule has 4 atom stereocenters. The number of aliphatic hydroxyl groups is 4. The van der Waals surface area contributed by atoms with E-state index in [1.807, 2.05) is 4.90 Å². The van der Waals surface area contributed by atoms with Crippen LogP contribution in [0, 0.1) is 0 Å². The van der Waals surface area contributed by atoms with E-state index in [1.54, 1.807) is 7.05 Å². The normalized spacial score (nSPS) is 49.6. The Morgan fingerprint density at radius 2 is 1.46 bits per heavy atom. The van der Waals surface area contributed by atoms with E-state index in [0.29, 0.717) is 0 Å². The third-order valence-electron chi connectivity index (χ3n) is 3.26. The molecule has 0 amide bonds. The zero-order valence-electron chi connectivity index (χ0n) is 7.46. The van der Waals surface area contributed by atoms with E-state index in [9.17, 15) is 20.4 Å². The van der Waals surface area contributed by atoms with Gasteiger partial charge in [0.05, 0.1) is 12.2 Å². The molecule has 76 valence electrons. The largest absolute Gasteiger partial charge is 0.389 e. The maximum atomic E-state index is 9.56. The number of piperidine rings is 1. The van der Waals surface area contributed by atoms with Gasteiger partial charge >= 0.3 is 0 Å². The maximum absolute atomic E-state index is 9.56. The summed E-state index contributed by atoms with van der Waals surface area (Å²) in [6.45, 7) is 0. The second kappa shape index (κ2) is 2.65. The van der Waals surface area contributed by atoms with Gasteiger partial charge in [-0.25, -0.2) is 0 Å². The van der Waals surface area contributed by atoms with Crippen LogP contribution in [0.15, 0.2) is 0 Å². The summed E-state index contributed by atoms with van der Waals surface area (Å²) in [5.41, 5.74) is 0. The van der Waals surface area contributed by atoms with Crippen molar-refractivity contribution in [1.82, 2.24) is 4.90 Å². The van der Waals surface area contributed by atoms with Crippen LogP contribution in [0.25, 0.3) is 0 Å². The van der Waals surface area contributed by atoms with Crippen molar-refractivity contribution in [2.45, 2.75) is 42.9 Å². The molecule has 2 heterocycles. The van der Waals surface area contributed by atoms with Crippen molar-refractivity contribution in [3.63, 3.8) is 0 Å². The molecule has 0 aromatic rings. The molecular formula is C8H15NO4. The Labute approximate surface area is 76.2 Å². The Kier molecular flexibility index (Phi) is 1.91. The van der Waals surface area contributed by atoms with Crippen LogP contribution < -0.4 is 0 Å². The number of hydrogen-bond donors (Lipinski definition) is 4. The van der Waals surface area contributed by atoms with E-state index in [2.05, 4.69) is 0 Å². The molecule has 0 radical (unpaired) electrons. The fourth-order valence-electron chi connectivity index (χ4n) is 2.47. The highest BCUT2D eigenvalue weighted by atomic mass is 16.5. The fourth-order valence-corrected chi connectivity index (χ4v) is 2.47. The van der Waals surface area contributed by atoms with Crippen LogP contribution >= 0.6 is 0 Å². The van der Waals surface area contributed by atoms with Crippen LogP contribution in [0.4, 0.5) is 0 Å². The van der Waals surface area contributed by atoms with Crippen molar-refractivity contribution in [2.75, 3.05) is 7.05 Å². The van der Waals surface area contributed by atoms with Crippen molar-refractivity contribution in [2.24, 2.45) is 0 Å². The average Bonchev–Trinajstić information content (AvgIpc) is 2.20. The SMILES string of the molecule is CN1C2CC(O)(O)CC1C(O)C2O. The minimum atomic E-state index is -1.74. The minimum absolute atomic E-state index is 0.0955. The zero-order chi connectivity index (χ0) is 9.80. The smallest absolute Gasteiger partial charge is 0.165 e.